The highest BCUT2D eigenvalue weighted by Gasteiger charge is 2.04. The van der Waals surface area contributed by atoms with Gasteiger partial charge in [0.05, 0.1) is 0 Å². The molecule has 0 aliphatic carbocycles. The molecule has 2 heteroatoms. The van der Waals surface area contributed by atoms with Crippen LogP contribution >= 0.6 is 0 Å². The zero-order valence-electron chi connectivity index (χ0n) is 11.3. The van der Waals surface area contributed by atoms with Crippen LogP contribution in [0.2, 0.25) is 0 Å². The van der Waals surface area contributed by atoms with Gasteiger partial charge in [-0.25, -0.2) is 4.39 Å². The Balaban J connectivity index is 2.36. The average Bonchev–Trinajstić information content (AvgIpc) is 2.26. The van der Waals surface area contributed by atoms with E-state index in [4.69, 9.17) is 0 Å². The highest BCUT2D eigenvalue weighted by atomic mass is 19.1. The zero-order chi connectivity index (χ0) is 12.7. The van der Waals surface area contributed by atoms with E-state index < -0.39 is 0 Å². The summed E-state index contributed by atoms with van der Waals surface area (Å²) in [6.07, 6.45) is 4.61. The Morgan fingerprint density at radius 3 is 2.29 bits per heavy atom. The van der Waals surface area contributed by atoms with Crippen LogP contribution in [0.5, 0.6) is 0 Å². The molecule has 0 aliphatic rings. The topological polar surface area (TPSA) is 12.0 Å². The lowest BCUT2D eigenvalue weighted by Gasteiger charge is -2.10. The fourth-order valence-electron chi connectivity index (χ4n) is 2.19. The molecule has 17 heavy (non-hydrogen) atoms. The molecule has 1 aromatic rings. The molecule has 0 saturated heterocycles. The number of benzene rings is 1. The standard InChI is InChI=1S/C15H24FN/c1-4-8-17-9-6-5-7-15-12(2)10-14(16)11-13(15)3/h10-11,17H,4-9H2,1-3H3. The Kier molecular flexibility index (Phi) is 6.20. The van der Waals surface area contributed by atoms with Crippen LogP contribution in [0.1, 0.15) is 42.9 Å². The van der Waals surface area contributed by atoms with Crippen LogP contribution < -0.4 is 5.32 Å². The third-order valence-corrected chi connectivity index (χ3v) is 3.12. The molecular formula is C15H24FN. The number of unbranched alkanes of at least 4 members (excludes halogenated alkanes) is 1. The van der Waals surface area contributed by atoms with Gasteiger partial charge in [-0.1, -0.05) is 6.92 Å². The minimum atomic E-state index is -0.117. The number of hydrogen-bond acceptors (Lipinski definition) is 1. The molecule has 96 valence electrons. The molecule has 0 fully saturated rings. The highest BCUT2D eigenvalue weighted by Crippen LogP contribution is 2.18. The Morgan fingerprint density at radius 2 is 1.71 bits per heavy atom. The van der Waals surface area contributed by atoms with E-state index in [0.717, 1.165) is 30.6 Å². The predicted octanol–water partition coefficient (Wildman–Crippen LogP) is 3.76. The van der Waals surface area contributed by atoms with Crippen molar-refractivity contribution in [3.05, 3.63) is 34.6 Å². The van der Waals surface area contributed by atoms with Gasteiger partial charge in [-0.05, 0) is 81.4 Å². The second-order valence-corrected chi connectivity index (χ2v) is 4.73. The average molecular weight is 237 g/mol. The van der Waals surface area contributed by atoms with E-state index in [-0.39, 0.29) is 5.82 Å². The normalized spacial score (nSPS) is 10.8. The van der Waals surface area contributed by atoms with E-state index in [1.807, 2.05) is 13.8 Å². The van der Waals surface area contributed by atoms with Crippen molar-refractivity contribution in [1.29, 1.82) is 0 Å². The summed E-state index contributed by atoms with van der Waals surface area (Å²) in [5, 5.41) is 3.40. The van der Waals surface area contributed by atoms with Crippen LogP contribution in [0.25, 0.3) is 0 Å². The lowest BCUT2D eigenvalue weighted by atomic mass is 9.97. The fourth-order valence-corrected chi connectivity index (χ4v) is 2.19. The van der Waals surface area contributed by atoms with Gasteiger partial charge >= 0.3 is 0 Å². The molecule has 1 rings (SSSR count). The van der Waals surface area contributed by atoms with Crippen LogP contribution in [-0.4, -0.2) is 13.1 Å². The number of rotatable bonds is 7. The zero-order valence-corrected chi connectivity index (χ0v) is 11.3. The summed E-state index contributed by atoms with van der Waals surface area (Å²) in [7, 11) is 0. The smallest absolute Gasteiger partial charge is 0.123 e. The van der Waals surface area contributed by atoms with Crippen molar-refractivity contribution in [2.75, 3.05) is 13.1 Å². The first-order valence-corrected chi connectivity index (χ1v) is 6.61. The fraction of sp³-hybridized carbons (Fsp3) is 0.600. The van der Waals surface area contributed by atoms with Gasteiger partial charge < -0.3 is 5.32 Å². The van der Waals surface area contributed by atoms with E-state index >= 15 is 0 Å². The Hall–Kier alpha value is -0.890. The molecule has 0 bridgehead atoms. The van der Waals surface area contributed by atoms with E-state index in [1.165, 1.54) is 24.8 Å². The Bertz CT molecular complexity index is 324. The molecule has 1 nitrogen and oxygen atoms in total. The van der Waals surface area contributed by atoms with Gasteiger partial charge in [-0.2, -0.15) is 0 Å². The van der Waals surface area contributed by atoms with Crippen LogP contribution in [-0.2, 0) is 6.42 Å². The van der Waals surface area contributed by atoms with Crippen LogP contribution in [0.4, 0.5) is 4.39 Å². The van der Waals surface area contributed by atoms with Crippen molar-refractivity contribution in [2.45, 2.75) is 46.5 Å². The van der Waals surface area contributed by atoms with E-state index in [2.05, 4.69) is 12.2 Å². The van der Waals surface area contributed by atoms with Gasteiger partial charge in [0.2, 0.25) is 0 Å². The minimum Gasteiger partial charge on any atom is -0.317 e. The molecule has 1 N–H and O–H groups in total. The maximum absolute atomic E-state index is 13.1. The summed E-state index contributed by atoms with van der Waals surface area (Å²) in [4.78, 5) is 0. The summed E-state index contributed by atoms with van der Waals surface area (Å²) in [5.74, 6) is -0.117. The summed E-state index contributed by atoms with van der Waals surface area (Å²) < 4.78 is 13.1. The second-order valence-electron chi connectivity index (χ2n) is 4.73. The molecule has 1 aromatic carbocycles. The van der Waals surface area contributed by atoms with Gasteiger partial charge in [-0.15, -0.1) is 0 Å². The van der Waals surface area contributed by atoms with Gasteiger partial charge in [0.25, 0.3) is 0 Å². The minimum absolute atomic E-state index is 0.117. The molecule has 0 unspecified atom stereocenters. The second kappa shape index (κ2) is 7.44. The molecule has 0 saturated carbocycles. The summed E-state index contributed by atoms with van der Waals surface area (Å²) >= 11 is 0. The van der Waals surface area contributed by atoms with Crippen molar-refractivity contribution in [1.82, 2.24) is 5.32 Å². The van der Waals surface area contributed by atoms with E-state index in [9.17, 15) is 4.39 Å². The summed E-state index contributed by atoms with van der Waals surface area (Å²) in [5.41, 5.74) is 3.50. The van der Waals surface area contributed by atoms with Crippen molar-refractivity contribution in [3.63, 3.8) is 0 Å². The third kappa shape index (κ3) is 4.86. The molecular weight excluding hydrogens is 213 g/mol. The summed E-state index contributed by atoms with van der Waals surface area (Å²) in [6.45, 7) is 8.38. The molecule has 0 atom stereocenters. The number of aryl methyl sites for hydroxylation is 2. The van der Waals surface area contributed by atoms with Gasteiger partial charge in [0.15, 0.2) is 0 Å². The molecule has 0 aliphatic heterocycles. The SMILES string of the molecule is CCCNCCCCc1c(C)cc(F)cc1C. The lowest BCUT2D eigenvalue weighted by molar-refractivity contribution is 0.610. The van der Waals surface area contributed by atoms with Crippen molar-refractivity contribution < 1.29 is 4.39 Å². The van der Waals surface area contributed by atoms with Crippen molar-refractivity contribution in [2.24, 2.45) is 0 Å². The molecule has 0 heterocycles. The first kappa shape index (κ1) is 14.2. The number of nitrogens with one attached hydrogen (secondary N) is 1. The monoisotopic (exact) mass is 237 g/mol. The lowest BCUT2D eigenvalue weighted by Crippen LogP contribution is -2.16. The number of halogens is 1. The van der Waals surface area contributed by atoms with Crippen molar-refractivity contribution >= 4 is 0 Å². The van der Waals surface area contributed by atoms with Crippen LogP contribution in [0.15, 0.2) is 12.1 Å². The maximum atomic E-state index is 13.1. The predicted molar refractivity (Wildman–Crippen MR) is 72.0 cm³/mol. The largest absolute Gasteiger partial charge is 0.317 e. The van der Waals surface area contributed by atoms with Crippen LogP contribution in [0, 0.1) is 19.7 Å². The van der Waals surface area contributed by atoms with Gasteiger partial charge in [0.1, 0.15) is 5.82 Å². The van der Waals surface area contributed by atoms with Gasteiger partial charge in [-0.3, -0.25) is 0 Å². The molecule has 0 radical (unpaired) electrons. The van der Waals surface area contributed by atoms with E-state index in [1.54, 1.807) is 12.1 Å². The Morgan fingerprint density at radius 1 is 1.06 bits per heavy atom. The molecule has 0 amide bonds. The van der Waals surface area contributed by atoms with Crippen molar-refractivity contribution in [3.8, 4) is 0 Å². The van der Waals surface area contributed by atoms with Crippen LogP contribution in [0.3, 0.4) is 0 Å². The quantitative estimate of drug-likeness (QED) is 0.712. The highest BCUT2D eigenvalue weighted by molar-refractivity contribution is 5.34. The van der Waals surface area contributed by atoms with Gasteiger partial charge in [0, 0.05) is 0 Å². The first-order chi connectivity index (χ1) is 8.15. The molecule has 0 aromatic heterocycles. The number of hydrogen-bond donors (Lipinski definition) is 1. The molecule has 0 spiro atoms. The summed E-state index contributed by atoms with van der Waals surface area (Å²) in [6, 6.07) is 3.27. The Labute approximate surface area is 104 Å². The maximum Gasteiger partial charge on any atom is 0.123 e. The van der Waals surface area contributed by atoms with E-state index in [0.29, 0.717) is 0 Å². The third-order valence-electron chi connectivity index (χ3n) is 3.12. The first-order valence-electron chi connectivity index (χ1n) is 6.61.